The van der Waals surface area contributed by atoms with E-state index in [0.717, 1.165) is 11.1 Å². The van der Waals surface area contributed by atoms with Crippen LogP contribution in [-0.2, 0) is 15.0 Å². The van der Waals surface area contributed by atoms with E-state index in [2.05, 4.69) is 13.8 Å². The second kappa shape index (κ2) is 8.99. The molecular formula is C23H24O4. The molecule has 0 aliphatic carbocycles. The topological polar surface area (TPSA) is 52.6 Å². The van der Waals surface area contributed by atoms with Gasteiger partial charge < -0.3 is 9.47 Å². The number of ether oxygens (including phenoxy) is 2. The Labute approximate surface area is 160 Å². The van der Waals surface area contributed by atoms with Gasteiger partial charge >= 0.3 is 11.9 Å². The lowest BCUT2D eigenvalue weighted by molar-refractivity contribution is -0.129. The Morgan fingerprint density at radius 3 is 1.33 bits per heavy atom. The van der Waals surface area contributed by atoms with Gasteiger partial charge in [-0.2, -0.15) is 0 Å². The Balaban J connectivity index is 2.15. The SMILES string of the molecule is C/C=C/C(=O)Oc1ccc(C(C)(C)c2ccc(OC(=O)/C=C/C)cc2)cc1. The van der Waals surface area contributed by atoms with Crippen LogP contribution in [0, 0.1) is 0 Å². The fourth-order valence-corrected chi connectivity index (χ4v) is 2.62. The van der Waals surface area contributed by atoms with Crippen molar-refractivity contribution in [2.45, 2.75) is 33.1 Å². The zero-order valence-electron chi connectivity index (χ0n) is 16.1. The average molecular weight is 364 g/mol. The van der Waals surface area contributed by atoms with Crippen LogP contribution >= 0.6 is 0 Å². The molecule has 2 aromatic carbocycles. The molecular weight excluding hydrogens is 340 g/mol. The molecule has 140 valence electrons. The van der Waals surface area contributed by atoms with Crippen molar-refractivity contribution in [3.05, 3.63) is 84.0 Å². The van der Waals surface area contributed by atoms with Crippen molar-refractivity contribution in [1.29, 1.82) is 0 Å². The molecule has 0 heterocycles. The number of hydrogen-bond donors (Lipinski definition) is 0. The van der Waals surface area contributed by atoms with Crippen molar-refractivity contribution < 1.29 is 19.1 Å². The maximum Gasteiger partial charge on any atom is 0.335 e. The minimum absolute atomic E-state index is 0.266. The van der Waals surface area contributed by atoms with E-state index in [1.54, 1.807) is 50.3 Å². The van der Waals surface area contributed by atoms with Crippen LogP contribution in [0.15, 0.2) is 72.8 Å². The maximum atomic E-state index is 11.5. The van der Waals surface area contributed by atoms with Gasteiger partial charge in [0, 0.05) is 17.6 Å². The zero-order chi connectivity index (χ0) is 19.9. The van der Waals surface area contributed by atoms with Gasteiger partial charge in [-0.15, -0.1) is 0 Å². The first kappa shape index (κ1) is 20.2. The Kier molecular flexibility index (Phi) is 6.72. The van der Waals surface area contributed by atoms with Crippen molar-refractivity contribution in [2.24, 2.45) is 0 Å². The quantitative estimate of drug-likeness (QED) is 0.412. The molecule has 0 unspecified atom stereocenters. The standard InChI is InChI=1S/C23H24O4/c1-5-7-21(24)26-19-13-9-17(10-14-19)23(3,4)18-11-15-20(16-12-18)27-22(25)8-6-2/h5-16H,1-4H3/b7-5+,8-6+. The molecule has 27 heavy (non-hydrogen) atoms. The molecule has 0 saturated carbocycles. The first-order valence-electron chi connectivity index (χ1n) is 8.77. The summed E-state index contributed by atoms with van der Waals surface area (Å²) in [6, 6.07) is 14.9. The summed E-state index contributed by atoms with van der Waals surface area (Å²) >= 11 is 0. The van der Waals surface area contributed by atoms with Crippen LogP contribution in [0.2, 0.25) is 0 Å². The van der Waals surface area contributed by atoms with E-state index in [9.17, 15) is 9.59 Å². The highest BCUT2D eigenvalue weighted by atomic mass is 16.5. The van der Waals surface area contributed by atoms with E-state index in [1.165, 1.54) is 12.2 Å². The summed E-state index contributed by atoms with van der Waals surface area (Å²) in [6.07, 6.45) is 6.03. The van der Waals surface area contributed by atoms with Gasteiger partial charge in [0.2, 0.25) is 0 Å². The van der Waals surface area contributed by atoms with Gasteiger partial charge in [-0.05, 0) is 49.2 Å². The molecule has 0 saturated heterocycles. The Bertz CT molecular complexity index is 769. The van der Waals surface area contributed by atoms with Crippen molar-refractivity contribution in [2.75, 3.05) is 0 Å². The van der Waals surface area contributed by atoms with E-state index >= 15 is 0 Å². The lowest BCUT2D eigenvalue weighted by atomic mass is 9.78. The van der Waals surface area contributed by atoms with Gasteiger partial charge in [-0.25, -0.2) is 9.59 Å². The monoisotopic (exact) mass is 364 g/mol. The van der Waals surface area contributed by atoms with Gasteiger partial charge in [0.1, 0.15) is 11.5 Å². The van der Waals surface area contributed by atoms with E-state index in [1.807, 2.05) is 24.3 Å². The Hall–Kier alpha value is -3.14. The molecule has 0 N–H and O–H groups in total. The lowest BCUT2D eigenvalue weighted by Crippen LogP contribution is -2.18. The van der Waals surface area contributed by atoms with Gasteiger partial charge in [-0.1, -0.05) is 50.3 Å². The Morgan fingerprint density at radius 1 is 0.704 bits per heavy atom. The Morgan fingerprint density at radius 2 is 1.04 bits per heavy atom. The molecule has 2 aromatic rings. The second-order valence-corrected chi connectivity index (χ2v) is 6.52. The third kappa shape index (κ3) is 5.42. The van der Waals surface area contributed by atoms with Gasteiger partial charge in [0.05, 0.1) is 0 Å². The average Bonchev–Trinajstić information content (AvgIpc) is 2.63. The van der Waals surface area contributed by atoms with E-state index in [-0.39, 0.29) is 5.41 Å². The van der Waals surface area contributed by atoms with Crippen LogP contribution in [0.1, 0.15) is 38.8 Å². The summed E-state index contributed by atoms with van der Waals surface area (Å²) in [4.78, 5) is 23.0. The number of benzene rings is 2. The van der Waals surface area contributed by atoms with Crippen LogP contribution in [-0.4, -0.2) is 11.9 Å². The highest BCUT2D eigenvalue weighted by Gasteiger charge is 2.23. The number of carbonyl (C=O) groups excluding carboxylic acids is 2. The number of hydrogen-bond acceptors (Lipinski definition) is 4. The van der Waals surface area contributed by atoms with Crippen LogP contribution in [0.25, 0.3) is 0 Å². The third-order valence-electron chi connectivity index (χ3n) is 4.19. The highest BCUT2D eigenvalue weighted by Crippen LogP contribution is 2.33. The third-order valence-corrected chi connectivity index (χ3v) is 4.19. The van der Waals surface area contributed by atoms with Crippen LogP contribution in [0.3, 0.4) is 0 Å². The minimum Gasteiger partial charge on any atom is -0.423 e. The first-order chi connectivity index (χ1) is 12.9. The maximum absolute atomic E-state index is 11.5. The summed E-state index contributed by atoms with van der Waals surface area (Å²) in [7, 11) is 0. The van der Waals surface area contributed by atoms with Crippen molar-refractivity contribution in [3.8, 4) is 11.5 Å². The molecule has 0 aliphatic rings. The fourth-order valence-electron chi connectivity index (χ4n) is 2.62. The molecule has 0 aromatic heterocycles. The summed E-state index contributed by atoms with van der Waals surface area (Å²) in [5.74, 6) is 0.216. The van der Waals surface area contributed by atoms with Crippen molar-refractivity contribution in [1.82, 2.24) is 0 Å². The predicted octanol–water partition coefficient (Wildman–Crippen LogP) is 4.98. The van der Waals surface area contributed by atoms with E-state index < -0.39 is 11.9 Å². The van der Waals surface area contributed by atoms with Gasteiger partial charge in [0.25, 0.3) is 0 Å². The molecule has 0 atom stereocenters. The summed E-state index contributed by atoms with van der Waals surface area (Å²) < 4.78 is 10.4. The normalized spacial score (nSPS) is 11.7. The number of esters is 2. The summed E-state index contributed by atoms with van der Waals surface area (Å²) in [5.41, 5.74) is 1.89. The largest absolute Gasteiger partial charge is 0.423 e. The number of carbonyl (C=O) groups is 2. The molecule has 0 spiro atoms. The summed E-state index contributed by atoms with van der Waals surface area (Å²) in [5, 5.41) is 0. The van der Waals surface area contributed by atoms with Crippen molar-refractivity contribution >= 4 is 11.9 Å². The van der Waals surface area contributed by atoms with Crippen LogP contribution in [0.4, 0.5) is 0 Å². The minimum atomic E-state index is -0.396. The smallest absolute Gasteiger partial charge is 0.335 e. The molecule has 2 rings (SSSR count). The molecule has 0 bridgehead atoms. The first-order valence-corrected chi connectivity index (χ1v) is 8.77. The number of rotatable bonds is 6. The second-order valence-electron chi connectivity index (χ2n) is 6.52. The van der Waals surface area contributed by atoms with Gasteiger partial charge in [0.15, 0.2) is 0 Å². The van der Waals surface area contributed by atoms with Gasteiger partial charge in [-0.3, -0.25) is 0 Å². The predicted molar refractivity (Wildman–Crippen MR) is 106 cm³/mol. The fraction of sp³-hybridized carbons (Fsp3) is 0.217. The van der Waals surface area contributed by atoms with Crippen molar-refractivity contribution in [3.63, 3.8) is 0 Å². The highest BCUT2D eigenvalue weighted by molar-refractivity contribution is 5.84. The molecule has 0 radical (unpaired) electrons. The zero-order valence-corrected chi connectivity index (χ0v) is 16.1. The molecule has 4 heteroatoms. The molecule has 4 nitrogen and oxygen atoms in total. The van der Waals surface area contributed by atoms with E-state index in [4.69, 9.17) is 9.47 Å². The molecule has 0 aliphatic heterocycles. The van der Waals surface area contributed by atoms with Crippen LogP contribution < -0.4 is 9.47 Å². The number of allylic oxidation sites excluding steroid dienone is 2. The van der Waals surface area contributed by atoms with E-state index in [0.29, 0.717) is 11.5 Å². The summed E-state index contributed by atoms with van der Waals surface area (Å²) in [6.45, 7) is 7.74. The molecule has 0 amide bonds. The molecule has 0 fully saturated rings. The lowest BCUT2D eigenvalue weighted by Gasteiger charge is -2.26. The van der Waals surface area contributed by atoms with Crippen LogP contribution in [0.5, 0.6) is 11.5 Å².